The lowest BCUT2D eigenvalue weighted by atomic mass is 9.99. The van der Waals surface area contributed by atoms with Crippen molar-refractivity contribution in [3.8, 4) is 5.75 Å². The molecule has 0 aliphatic carbocycles. The van der Waals surface area contributed by atoms with Crippen molar-refractivity contribution in [1.29, 1.82) is 0 Å². The minimum absolute atomic E-state index is 0.0740. The Balaban J connectivity index is 2.49. The molecule has 2 rings (SSSR count). The molecule has 3 amide bonds. The smallest absolute Gasteiger partial charge is 0.408 e. The summed E-state index contributed by atoms with van der Waals surface area (Å²) in [5.41, 5.74) is 0.727. The van der Waals surface area contributed by atoms with Gasteiger partial charge in [0.25, 0.3) is 0 Å². The topological polar surface area (TPSA) is 108 Å². The van der Waals surface area contributed by atoms with Crippen LogP contribution < -0.4 is 10.6 Å². The van der Waals surface area contributed by atoms with Crippen LogP contribution in [-0.4, -0.2) is 52.6 Å². The first-order valence-electron chi connectivity index (χ1n) is 15.0. The molecule has 0 aliphatic rings. The average Bonchev–Trinajstić information content (AvgIpc) is 2.92. The maximum absolute atomic E-state index is 14.4. The molecule has 2 aromatic carbocycles. The van der Waals surface area contributed by atoms with Crippen LogP contribution in [0.4, 0.5) is 4.79 Å². The molecule has 0 fully saturated rings. The average molecular weight is 568 g/mol. The number of benzene rings is 2. The minimum atomic E-state index is -0.953. The van der Waals surface area contributed by atoms with Crippen molar-refractivity contribution >= 4 is 17.9 Å². The van der Waals surface area contributed by atoms with Crippen LogP contribution in [0.3, 0.4) is 0 Å². The second kappa shape index (κ2) is 17.3. The number of carbonyl (C=O) groups is 3. The Bertz CT molecular complexity index is 1070. The van der Waals surface area contributed by atoms with Gasteiger partial charge in [-0.3, -0.25) is 9.59 Å². The zero-order valence-corrected chi connectivity index (χ0v) is 25.4. The van der Waals surface area contributed by atoms with Crippen LogP contribution in [0, 0.1) is 0 Å². The van der Waals surface area contributed by atoms with E-state index in [-0.39, 0.29) is 24.0 Å². The van der Waals surface area contributed by atoms with E-state index in [1.165, 1.54) is 12.1 Å². The highest BCUT2D eigenvalue weighted by atomic mass is 16.6. The van der Waals surface area contributed by atoms with E-state index >= 15 is 0 Å². The van der Waals surface area contributed by atoms with E-state index in [1.54, 1.807) is 37.8 Å². The number of alkyl carbamates (subject to hydrolysis) is 1. The van der Waals surface area contributed by atoms with Crippen LogP contribution in [0.2, 0.25) is 0 Å². The van der Waals surface area contributed by atoms with Crippen molar-refractivity contribution in [2.45, 2.75) is 104 Å². The fourth-order valence-electron chi connectivity index (χ4n) is 4.57. The molecule has 226 valence electrons. The zero-order valence-electron chi connectivity index (χ0n) is 25.4. The number of rotatable bonds is 16. The van der Waals surface area contributed by atoms with Crippen molar-refractivity contribution in [2.75, 3.05) is 13.1 Å². The number of hydrogen-bond acceptors (Lipinski definition) is 5. The molecule has 2 aromatic rings. The first-order chi connectivity index (χ1) is 19.6. The van der Waals surface area contributed by atoms with E-state index in [0.717, 1.165) is 44.1 Å². The van der Waals surface area contributed by atoms with Gasteiger partial charge in [-0.1, -0.05) is 88.4 Å². The lowest BCUT2D eigenvalue weighted by Crippen LogP contribution is -2.54. The number of aromatic hydroxyl groups is 1. The molecule has 0 aromatic heterocycles. The second-order valence-electron chi connectivity index (χ2n) is 11.5. The summed E-state index contributed by atoms with van der Waals surface area (Å²) in [5.74, 6) is -0.578. The Morgan fingerprint density at radius 1 is 0.878 bits per heavy atom. The summed E-state index contributed by atoms with van der Waals surface area (Å²) in [6, 6.07) is 14.0. The summed E-state index contributed by atoms with van der Waals surface area (Å²) >= 11 is 0. The van der Waals surface area contributed by atoms with E-state index in [1.807, 2.05) is 37.3 Å². The van der Waals surface area contributed by atoms with Crippen molar-refractivity contribution in [3.63, 3.8) is 0 Å². The Labute approximate surface area is 245 Å². The van der Waals surface area contributed by atoms with Gasteiger partial charge in [-0.2, -0.15) is 0 Å². The predicted octanol–water partition coefficient (Wildman–Crippen LogP) is 6.28. The van der Waals surface area contributed by atoms with Crippen molar-refractivity contribution < 1.29 is 24.2 Å². The largest absolute Gasteiger partial charge is 0.508 e. The summed E-state index contributed by atoms with van der Waals surface area (Å²) in [4.78, 5) is 42.6. The van der Waals surface area contributed by atoms with Gasteiger partial charge in [-0.25, -0.2) is 4.79 Å². The van der Waals surface area contributed by atoms with Gasteiger partial charge < -0.3 is 25.4 Å². The zero-order chi connectivity index (χ0) is 30.3. The lowest BCUT2D eigenvalue weighted by molar-refractivity contribution is -0.142. The molecule has 41 heavy (non-hydrogen) atoms. The maximum Gasteiger partial charge on any atom is 0.408 e. The van der Waals surface area contributed by atoms with Crippen LogP contribution in [0.5, 0.6) is 5.75 Å². The van der Waals surface area contributed by atoms with Gasteiger partial charge in [-0.05, 0) is 56.9 Å². The molecular formula is C33H49N3O5. The molecule has 0 bridgehead atoms. The molecule has 2 atom stereocenters. The molecule has 0 heterocycles. The highest BCUT2D eigenvalue weighted by molar-refractivity contribution is 5.92. The van der Waals surface area contributed by atoms with Gasteiger partial charge in [0.1, 0.15) is 23.4 Å². The number of amides is 3. The number of nitrogens with zero attached hydrogens (tertiary/aromatic N) is 1. The Hall–Kier alpha value is -3.55. The summed E-state index contributed by atoms with van der Waals surface area (Å²) in [5, 5.41) is 15.7. The Morgan fingerprint density at radius 2 is 1.51 bits per heavy atom. The third-order valence-electron chi connectivity index (χ3n) is 6.66. The second-order valence-corrected chi connectivity index (χ2v) is 11.5. The van der Waals surface area contributed by atoms with Crippen molar-refractivity contribution in [1.82, 2.24) is 15.5 Å². The van der Waals surface area contributed by atoms with Crippen LogP contribution in [0.15, 0.2) is 54.6 Å². The van der Waals surface area contributed by atoms with Gasteiger partial charge in [0.05, 0.1) is 0 Å². The molecule has 0 saturated carbocycles. The number of hydrogen-bond donors (Lipinski definition) is 3. The first-order valence-corrected chi connectivity index (χ1v) is 15.0. The molecule has 2 unspecified atom stereocenters. The van der Waals surface area contributed by atoms with Crippen LogP contribution >= 0.6 is 0 Å². The Morgan fingerprint density at radius 3 is 2.12 bits per heavy atom. The normalized spacial score (nSPS) is 12.7. The SMILES string of the molecule is CCCCCCCN(C(=O)C(Cc1ccccc1)NC(=O)OC(C)(C)C)C(C(=O)NCCCC)c1ccc(O)cc1. The number of carbonyl (C=O) groups excluding carboxylic acids is 3. The maximum atomic E-state index is 14.4. The summed E-state index contributed by atoms with van der Waals surface area (Å²) < 4.78 is 5.50. The summed E-state index contributed by atoms with van der Waals surface area (Å²) in [6.45, 7) is 10.3. The summed E-state index contributed by atoms with van der Waals surface area (Å²) in [6.07, 6.45) is 6.15. The van der Waals surface area contributed by atoms with E-state index in [0.29, 0.717) is 25.1 Å². The quantitative estimate of drug-likeness (QED) is 0.207. The van der Waals surface area contributed by atoms with Gasteiger partial charge in [0.2, 0.25) is 11.8 Å². The van der Waals surface area contributed by atoms with Crippen molar-refractivity contribution in [3.05, 3.63) is 65.7 Å². The lowest BCUT2D eigenvalue weighted by Gasteiger charge is -2.34. The third-order valence-corrected chi connectivity index (χ3v) is 6.66. The molecule has 0 aliphatic heterocycles. The monoisotopic (exact) mass is 567 g/mol. The van der Waals surface area contributed by atoms with E-state index in [9.17, 15) is 19.5 Å². The van der Waals surface area contributed by atoms with E-state index in [4.69, 9.17) is 4.74 Å². The standard InChI is InChI=1S/C33H49N3O5/c1-6-8-10-11-15-23-36(29(30(38)34-22-9-7-2)26-18-20-27(37)21-19-26)31(39)28(24-25-16-13-12-14-17-25)35-32(40)41-33(3,4)5/h12-14,16-21,28-29,37H,6-11,15,22-24H2,1-5H3,(H,34,38)(H,35,40). The van der Waals surface area contributed by atoms with Crippen LogP contribution in [0.25, 0.3) is 0 Å². The van der Waals surface area contributed by atoms with Gasteiger partial charge in [-0.15, -0.1) is 0 Å². The molecule has 0 spiro atoms. The highest BCUT2D eigenvalue weighted by Gasteiger charge is 2.36. The fourth-order valence-corrected chi connectivity index (χ4v) is 4.57. The molecule has 0 radical (unpaired) electrons. The fraction of sp³-hybridized carbons (Fsp3) is 0.545. The highest BCUT2D eigenvalue weighted by Crippen LogP contribution is 2.26. The number of unbranched alkanes of at least 4 members (excludes halogenated alkanes) is 5. The van der Waals surface area contributed by atoms with Crippen LogP contribution in [0.1, 0.15) is 96.7 Å². The molecule has 3 N–H and O–H groups in total. The number of nitrogens with one attached hydrogen (secondary N) is 2. The van der Waals surface area contributed by atoms with Gasteiger partial charge in [0, 0.05) is 19.5 Å². The number of ether oxygens (including phenoxy) is 1. The van der Waals surface area contributed by atoms with Crippen molar-refractivity contribution in [2.24, 2.45) is 0 Å². The molecule has 0 saturated heterocycles. The van der Waals surface area contributed by atoms with Gasteiger partial charge >= 0.3 is 6.09 Å². The predicted molar refractivity (Wildman–Crippen MR) is 163 cm³/mol. The minimum Gasteiger partial charge on any atom is -0.508 e. The van der Waals surface area contributed by atoms with E-state index < -0.39 is 23.8 Å². The number of phenolic OH excluding ortho intramolecular Hbond substituents is 1. The molecular weight excluding hydrogens is 518 g/mol. The molecule has 8 heteroatoms. The number of phenols is 1. The Kier molecular flexibility index (Phi) is 14.2. The van der Waals surface area contributed by atoms with Crippen LogP contribution in [-0.2, 0) is 20.7 Å². The molecule has 8 nitrogen and oxygen atoms in total. The first kappa shape index (κ1) is 33.7. The van der Waals surface area contributed by atoms with Gasteiger partial charge in [0.15, 0.2) is 0 Å². The third kappa shape index (κ3) is 12.2. The summed E-state index contributed by atoms with van der Waals surface area (Å²) in [7, 11) is 0. The van der Waals surface area contributed by atoms with E-state index in [2.05, 4.69) is 17.6 Å².